The van der Waals surface area contributed by atoms with Gasteiger partial charge in [-0.25, -0.2) is 14.4 Å². The van der Waals surface area contributed by atoms with E-state index >= 15 is 0 Å². The van der Waals surface area contributed by atoms with E-state index < -0.39 is 25.5 Å². The average molecular weight is 648 g/mol. The number of aryl methyl sites for hydroxylation is 1. The van der Waals surface area contributed by atoms with Crippen LogP contribution in [0.5, 0.6) is 0 Å². The molecule has 1 N–H and O–H groups in total. The van der Waals surface area contributed by atoms with E-state index in [4.69, 9.17) is 14.6 Å². The predicted molar refractivity (Wildman–Crippen MR) is 173 cm³/mol. The van der Waals surface area contributed by atoms with Crippen LogP contribution in [0.15, 0.2) is 36.4 Å². The minimum Gasteiger partial charge on any atom is -0.462 e. The summed E-state index contributed by atoms with van der Waals surface area (Å²) in [5, 5.41) is 7.82. The number of nitrogens with one attached hydrogen (secondary N) is 1. The van der Waals surface area contributed by atoms with Crippen LogP contribution in [0.4, 0.5) is 5.82 Å². The fourth-order valence-corrected chi connectivity index (χ4v) is 9.76. The first-order chi connectivity index (χ1) is 21.1. The maximum Gasteiger partial charge on any atom is 0.323 e. The van der Waals surface area contributed by atoms with E-state index in [9.17, 15) is 14.2 Å². The summed E-state index contributed by atoms with van der Waals surface area (Å²) < 4.78 is 29.3. The van der Waals surface area contributed by atoms with Crippen molar-refractivity contribution in [2.45, 2.75) is 58.3 Å². The Kier molecular flexibility index (Phi) is 10.7. The van der Waals surface area contributed by atoms with Crippen LogP contribution in [0.3, 0.4) is 0 Å². The van der Waals surface area contributed by atoms with E-state index in [0.29, 0.717) is 25.4 Å². The van der Waals surface area contributed by atoms with Crippen LogP contribution in [0.2, 0.25) is 0 Å². The van der Waals surface area contributed by atoms with Crippen molar-refractivity contribution in [2.75, 3.05) is 69.3 Å². The number of carbonyl (C=O) groups excluding carboxylic acids is 2. The van der Waals surface area contributed by atoms with E-state index in [1.807, 2.05) is 39.4 Å². The van der Waals surface area contributed by atoms with Gasteiger partial charge in [-0.1, -0.05) is 18.2 Å². The quantitative estimate of drug-likeness (QED) is 0.287. The van der Waals surface area contributed by atoms with Crippen LogP contribution < -0.4 is 9.99 Å². The zero-order valence-electron chi connectivity index (χ0n) is 26.4. The summed E-state index contributed by atoms with van der Waals surface area (Å²) in [6.45, 7) is 11.6. The summed E-state index contributed by atoms with van der Waals surface area (Å²) in [6, 6.07) is 10.9. The topological polar surface area (TPSA) is 112 Å². The average Bonchev–Trinajstić information content (AvgIpc) is 3.78. The number of thioether (sulfide) groups is 1. The second-order valence-corrected chi connectivity index (χ2v) is 15.5. The second-order valence-electron chi connectivity index (χ2n) is 12.0. The van der Waals surface area contributed by atoms with Crippen LogP contribution in [0, 0.1) is 6.92 Å². The number of nitrogens with zero attached hydrogens (tertiary/aromatic N) is 6. The smallest absolute Gasteiger partial charge is 0.323 e. The van der Waals surface area contributed by atoms with Crippen molar-refractivity contribution in [2.24, 2.45) is 0 Å². The van der Waals surface area contributed by atoms with Gasteiger partial charge in [0, 0.05) is 64.2 Å². The molecule has 44 heavy (non-hydrogen) atoms. The fraction of sp³-hybridized carbons (Fsp3) is 0.633. The molecule has 3 aliphatic rings. The molecule has 3 saturated heterocycles. The van der Waals surface area contributed by atoms with Crippen molar-refractivity contribution in [1.29, 1.82) is 0 Å². The van der Waals surface area contributed by atoms with Gasteiger partial charge in [0.2, 0.25) is 13.4 Å². The van der Waals surface area contributed by atoms with E-state index in [2.05, 4.69) is 33.1 Å². The van der Waals surface area contributed by atoms with Gasteiger partial charge in [0.05, 0.1) is 29.4 Å². The minimum absolute atomic E-state index is 0.00564. The minimum atomic E-state index is -3.50. The van der Waals surface area contributed by atoms with Crippen LogP contribution in [0.25, 0.3) is 5.69 Å². The molecule has 0 aliphatic carbocycles. The second kappa shape index (κ2) is 14.3. The number of piperazine rings is 1. The van der Waals surface area contributed by atoms with Gasteiger partial charge in [-0.05, 0) is 46.2 Å². The lowest BCUT2D eigenvalue weighted by atomic mass is 10.1. The third-order valence-corrected chi connectivity index (χ3v) is 12.0. The van der Waals surface area contributed by atoms with Crippen molar-refractivity contribution in [3.05, 3.63) is 42.1 Å². The number of benzene rings is 1. The number of esters is 1. The van der Waals surface area contributed by atoms with Crippen molar-refractivity contribution in [3.63, 3.8) is 0 Å². The molecule has 12 nitrogen and oxygen atoms in total. The number of hydrogen-bond donors (Lipinski definition) is 1. The molecule has 1 aromatic heterocycles. The van der Waals surface area contributed by atoms with Gasteiger partial charge in [0.1, 0.15) is 18.2 Å². The Balaban J connectivity index is 1.33. The Morgan fingerprint density at radius 1 is 1.11 bits per heavy atom. The van der Waals surface area contributed by atoms with E-state index in [1.54, 1.807) is 32.5 Å². The number of rotatable bonds is 11. The Labute approximate surface area is 264 Å². The summed E-state index contributed by atoms with van der Waals surface area (Å²) in [7, 11) is -2.01. The standard InChI is InChI=1S/C30H46N7O5PS/c1-22(2)42-30(39)24(4)32-43(40,21-41-5)36-19-26(18-27(36)29(38)35-15-16-44-20-35)33-11-13-34(14-12-33)28-17-23(3)31-37(28)25-9-7-6-8-10-25/h6-10,17,22,24,26-27H,11-16,18-21H2,1-5H3,(H,32,40)/t24?,26-,27-,43?/m0/s1. The Hall–Kier alpha value is -2.41. The Morgan fingerprint density at radius 2 is 1.84 bits per heavy atom. The van der Waals surface area contributed by atoms with Crippen molar-refractivity contribution >= 4 is 36.9 Å². The molecular formula is C30H46N7O5PS. The van der Waals surface area contributed by atoms with Gasteiger partial charge < -0.3 is 19.3 Å². The molecule has 1 amide bonds. The van der Waals surface area contributed by atoms with Crippen molar-refractivity contribution in [3.8, 4) is 5.69 Å². The first kappa shape index (κ1) is 33.0. The molecule has 0 spiro atoms. The number of para-hydroxylation sites is 1. The van der Waals surface area contributed by atoms with Crippen LogP contribution >= 0.6 is 19.2 Å². The third-order valence-electron chi connectivity index (χ3n) is 8.39. The monoisotopic (exact) mass is 647 g/mol. The molecule has 2 aromatic rings. The lowest BCUT2D eigenvalue weighted by Gasteiger charge is -2.39. The Morgan fingerprint density at radius 3 is 2.48 bits per heavy atom. The molecule has 0 radical (unpaired) electrons. The highest BCUT2D eigenvalue weighted by molar-refractivity contribution is 7.99. The summed E-state index contributed by atoms with van der Waals surface area (Å²) in [5.74, 6) is 2.12. The van der Waals surface area contributed by atoms with Crippen molar-refractivity contribution in [1.82, 2.24) is 29.3 Å². The number of aromatic nitrogens is 2. The molecule has 1 aromatic carbocycles. The van der Waals surface area contributed by atoms with Gasteiger partial charge in [0.25, 0.3) is 0 Å². The molecule has 5 rings (SSSR count). The van der Waals surface area contributed by atoms with Gasteiger partial charge in [-0.2, -0.15) is 5.10 Å². The van der Waals surface area contributed by atoms with Crippen LogP contribution in [-0.4, -0.2) is 125 Å². The molecule has 3 aliphatic heterocycles. The first-order valence-corrected chi connectivity index (χ1v) is 18.4. The number of hydrogen-bond acceptors (Lipinski definition) is 9. The Bertz CT molecular complexity index is 1330. The zero-order chi connectivity index (χ0) is 31.4. The molecule has 3 fully saturated rings. The summed E-state index contributed by atoms with van der Waals surface area (Å²) in [6.07, 6.45) is 0.163. The molecule has 4 heterocycles. The summed E-state index contributed by atoms with van der Waals surface area (Å²) >= 11 is 1.73. The fourth-order valence-electron chi connectivity index (χ4n) is 6.28. The van der Waals surface area contributed by atoms with Gasteiger partial charge in [0.15, 0.2) is 0 Å². The molecular weight excluding hydrogens is 601 g/mol. The SMILES string of the molecule is COCP(=O)(NC(C)C(=O)OC(C)C)N1C[C@@H](N2CCN(c3cc(C)nn3-c3ccccc3)CC2)C[C@H]1C(=O)N1CCSC1. The summed E-state index contributed by atoms with van der Waals surface area (Å²) in [4.78, 5) is 33.2. The number of methoxy groups -OCH3 is 1. The number of amides is 1. The maximum atomic E-state index is 14.7. The molecule has 14 heteroatoms. The van der Waals surface area contributed by atoms with Crippen LogP contribution in [0.1, 0.15) is 32.9 Å². The largest absolute Gasteiger partial charge is 0.462 e. The lowest BCUT2D eigenvalue weighted by molar-refractivity contribution is -0.149. The number of ether oxygens (including phenoxy) is 2. The highest BCUT2D eigenvalue weighted by Gasteiger charge is 2.50. The van der Waals surface area contributed by atoms with Gasteiger partial charge >= 0.3 is 5.97 Å². The predicted octanol–water partition coefficient (Wildman–Crippen LogP) is 3.01. The van der Waals surface area contributed by atoms with E-state index in [0.717, 1.165) is 49.1 Å². The number of anilines is 1. The van der Waals surface area contributed by atoms with E-state index in [1.165, 1.54) is 7.11 Å². The van der Waals surface area contributed by atoms with Gasteiger partial charge in [-0.3, -0.25) is 19.1 Å². The summed E-state index contributed by atoms with van der Waals surface area (Å²) in [5.41, 5.74) is 1.99. The third kappa shape index (κ3) is 7.35. The van der Waals surface area contributed by atoms with Crippen LogP contribution in [-0.2, 0) is 23.6 Å². The molecule has 242 valence electrons. The van der Waals surface area contributed by atoms with E-state index in [-0.39, 0.29) is 24.4 Å². The van der Waals surface area contributed by atoms with Gasteiger partial charge in [-0.15, -0.1) is 11.8 Å². The molecule has 2 unspecified atom stereocenters. The zero-order valence-corrected chi connectivity index (χ0v) is 28.1. The highest BCUT2D eigenvalue weighted by atomic mass is 32.2. The molecule has 0 saturated carbocycles. The maximum absolute atomic E-state index is 14.7. The normalized spacial score (nSPS) is 23.7. The number of carbonyl (C=O) groups is 2. The molecule has 4 atom stereocenters. The first-order valence-electron chi connectivity index (χ1n) is 15.4. The molecule has 0 bridgehead atoms. The van der Waals surface area contributed by atoms with Crippen molar-refractivity contribution < 1.29 is 23.6 Å². The lowest BCUT2D eigenvalue weighted by Crippen LogP contribution is -2.51. The highest BCUT2D eigenvalue weighted by Crippen LogP contribution is 2.51.